The van der Waals surface area contributed by atoms with Crippen LogP contribution in [0.3, 0.4) is 0 Å². The van der Waals surface area contributed by atoms with E-state index in [4.69, 9.17) is 0 Å². The molecule has 0 saturated heterocycles. The second-order valence-electron chi connectivity index (χ2n) is 4.08. The molecule has 0 amide bonds. The van der Waals surface area contributed by atoms with Crippen LogP contribution in [0.4, 0.5) is 0 Å². The van der Waals surface area contributed by atoms with Gasteiger partial charge in [0.1, 0.15) is 0 Å². The number of rotatable bonds is 1. The van der Waals surface area contributed by atoms with Gasteiger partial charge in [-0.15, -0.1) is 0 Å². The first-order valence-corrected chi connectivity index (χ1v) is 6.30. The number of nitrogens with one attached hydrogen (secondary N) is 2. The lowest BCUT2D eigenvalue weighted by Crippen LogP contribution is -2.19. The lowest BCUT2D eigenvalue weighted by atomic mass is 10.00. The van der Waals surface area contributed by atoms with Gasteiger partial charge in [0.05, 0.1) is 0 Å². The lowest BCUT2D eigenvalue weighted by molar-refractivity contribution is 0.739. The second kappa shape index (κ2) is 4.07. The molecule has 0 aliphatic carbocycles. The van der Waals surface area contributed by atoms with Crippen molar-refractivity contribution in [2.45, 2.75) is 6.42 Å². The van der Waals surface area contributed by atoms with Crippen LogP contribution in [0.25, 0.3) is 16.5 Å². The molecule has 3 heteroatoms. The van der Waals surface area contributed by atoms with Crippen molar-refractivity contribution in [3.63, 3.8) is 0 Å². The fourth-order valence-electron chi connectivity index (χ4n) is 2.23. The zero-order valence-corrected chi connectivity index (χ0v) is 10.5. The zero-order chi connectivity index (χ0) is 11.0. The van der Waals surface area contributed by atoms with E-state index in [-0.39, 0.29) is 0 Å². The van der Waals surface area contributed by atoms with E-state index < -0.39 is 0 Å². The maximum Gasteiger partial charge on any atom is 0.0471 e. The number of fused-ring (bicyclic) bond motifs is 1. The summed E-state index contributed by atoms with van der Waals surface area (Å²) in [6.45, 7) is 2.06. The van der Waals surface area contributed by atoms with Gasteiger partial charge in [0, 0.05) is 33.7 Å². The summed E-state index contributed by atoms with van der Waals surface area (Å²) < 4.78 is 1.12. The quantitative estimate of drug-likeness (QED) is 0.822. The number of halogens is 1. The van der Waals surface area contributed by atoms with Gasteiger partial charge in [-0.2, -0.15) is 0 Å². The number of hydrogen-bond donors (Lipinski definition) is 2. The van der Waals surface area contributed by atoms with Gasteiger partial charge in [-0.25, -0.2) is 0 Å². The molecule has 2 N–H and O–H groups in total. The molecule has 82 valence electrons. The van der Waals surface area contributed by atoms with Crippen LogP contribution in [-0.2, 0) is 0 Å². The number of H-pyrrole nitrogens is 1. The minimum atomic E-state index is 0.985. The first-order chi connectivity index (χ1) is 7.84. The van der Waals surface area contributed by atoms with Crippen LogP contribution < -0.4 is 5.32 Å². The average Bonchev–Trinajstić information content (AvgIpc) is 2.73. The number of benzene rings is 1. The minimum Gasteiger partial charge on any atom is -0.361 e. The van der Waals surface area contributed by atoms with E-state index in [0.29, 0.717) is 0 Å². The third kappa shape index (κ3) is 1.70. The van der Waals surface area contributed by atoms with Crippen LogP contribution >= 0.6 is 15.9 Å². The molecule has 0 bridgehead atoms. The Bertz CT molecular complexity index is 554. The molecular formula is C13H13BrN2. The van der Waals surface area contributed by atoms with Gasteiger partial charge in [-0.05, 0) is 30.7 Å². The van der Waals surface area contributed by atoms with Crippen molar-refractivity contribution in [2.24, 2.45) is 0 Å². The van der Waals surface area contributed by atoms with Crippen molar-refractivity contribution in [3.05, 3.63) is 40.5 Å². The molecule has 16 heavy (non-hydrogen) atoms. The summed E-state index contributed by atoms with van der Waals surface area (Å²) in [5.74, 6) is 0. The van der Waals surface area contributed by atoms with Crippen molar-refractivity contribution in [3.8, 4) is 0 Å². The minimum absolute atomic E-state index is 0.985. The van der Waals surface area contributed by atoms with Crippen molar-refractivity contribution in [1.82, 2.24) is 10.3 Å². The van der Waals surface area contributed by atoms with Gasteiger partial charge >= 0.3 is 0 Å². The van der Waals surface area contributed by atoms with Gasteiger partial charge in [0.15, 0.2) is 0 Å². The van der Waals surface area contributed by atoms with Crippen LogP contribution in [0.1, 0.15) is 12.0 Å². The molecule has 1 aliphatic heterocycles. The Morgan fingerprint density at radius 1 is 1.25 bits per heavy atom. The third-order valence-corrected chi connectivity index (χ3v) is 3.55. The Morgan fingerprint density at radius 2 is 2.19 bits per heavy atom. The van der Waals surface area contributed by atoms with Crippen LogP contribution in [0.15, 0.2) is 34.9 Å². The molecule has 3 rings (SSSR count). The van der Waals surface area contributed by atoms with Crippen LogP contribution in [0, 0.1) is 0 Å². The van der Waals surface area contributed by atoms with Crippen LogP contribution in [0.5, 0.6) is 0 Å². The predicted octanol–water partition coefficient (Wildman–Crippen LogP) is 3.31. The highest BCUT2D eigenvalue weighted by Crippen LogP contribution is 2.29. The normalized spacial score (nSPS) is 16.4. The number of hydrogen-bond acceptors (Lipinski definition) is 1. The highest BCUT2D eigenvalue weighted by molar-refractivity contribution is 9.10. The molecule has 1 aromatic carbocycles. The van der Waals surface area contributed by atoms with Crippen LogP contribution in [0.2, 0.25) is 0 Å². The summed E-state index contributed by atoms with van der Waals surface area (Å²) in [5, 5.41) is 4.66. The average molecular weight is 277 g/mol. The Balaban J connectivity index is 2.13. The summed E-state index contributed by atoms with van der Waals surface area (Å²) in [7, 11) is 0. The molecule has 0 radical (unpaired) electrons. The van der Waals surface area contributed by atoms with E-state index in [1.807, 2.05) is 0 Å². The molecule has 2 aromatic rings. The maximum atomic E-state index is 3.49. The van der Waals surface area contributed by atoms with E-state index in [0.717, 1.165) is 24.0 Å². The molecule has 2 heterocycles. The summed E-state index contributed by atoms with van der Waals surface area (Å²) in [6, 6.07) is 6.40. The molecular weight excluding hydrogens is 264 g/mol. The highest BCUT2D eigenvalue weighted by atomic mass is 79.9. The van der Waals surface area contributed by atoms with Crippen LogP contribution in [-0.4, -0.2) is 18.1 Å². The summed E-state index contributed by atoms with van der Waals surface area (Å²) in [4.78, 5) is 3.34. The summed E-state index contributed by atoms with van der Waals surface area (Å²) in [5.41, 5.74) is 4.00. The summed E-state index contributed by atoms with van der Waals surface area (Å²) in [6.07, 6.45) is 5.52. The fraction of sp³-hybridized carbons (Fsp3) is 0.231. The smallest absolute Gasteiger partial charge is 0.0471 e. The van der Waals surface area contributed by atoms with Crippen molar-refractivity contribution >= 4 is 32.4 Å². The SMILES string of the molecule is Brc1ccc2c(C3=CCNCC3)c[nH]c2c1. The largest absolute Gasteiger partial charge is 0.361 e. The van der Waals surface area contributed by atoms with Crippen molar-refractivity contribution in [1.29, 1.82) is 0 Å². The van der Waals surface area contributed by atoms with E-state index in [1.165, 1.54) is 22.0 Å². The van der Waals surface area contributed by atoms with E-state index in [9.17, 15) is 0 Å². The monoisotopic (exact) mass is 276 g/mol. The van der Waals surface area contributed by atoms with Crippen molar-refractivity contribution < 1.29 is 0 Å². The van der Waals surface area contributed by atoms with Gasteiger partial charge in [-0.3, -0.25) is 0 Å². The number of aromatic amines is 1. The third-order valence-electron chi connectivity index (χ3n) is 3.05. The number of aromatic nitrogens is 1. The Morgan fingerprint density at radius 3 is 3.00 bits per heavy atom. The van der Waals surface area contributed by atoms with Gasteiger partial charge < -0.3 is 10.3 Å². The molecule has 1 aromatic heterocycles. The van der Waals surface area contributed by atoms with Gasteiger partial charge in [-0.1, -0.05) is 28.1 Å². The second-order valence-corrected chi connectivity index (χ2v) is 4.99. The zero-order valence-electron chi connectivity index (χ0n) is 8.89. The summed E-state index contributed by atoms with van der Waals surface area (Å²) >= 11 is 3.49. The Kier molecular flexibility index (Phi) is 2.58. The maximum absolute atomic E-state index is 3.49. The predicted molar refractivity (Wildman–Crippen MR) is 71.5 cm³/mol. The molecule has 0 atom stereocenters. The molecule has 1 aliphatic rings. The van der Waals surface area contributed by atoms with E-state index in [1.54, 1.807) is 0 Å². The highest BCUT2D eigenvalue weighted by Gasteiger charge is 2.10. The fourth-order valence-corrected chi connectivity index (χ4v) is 2.59. The standard InChI is InChI=1S/C13H13BrN2/c14-10-1-2-11-12(8-16-13(11)7-10)9-3-5-15-6-4-9/h1-3,7-8,15-16H,4-6H2. The molecule has 0 saturated carbocycles. The molecule has 0 unspecified atom stereocenters. The van der Waals surface area contributed by atoms with Crippen molar-refractivity contribution in [2.75, 3.05) is 13.1 Å². The lowest BCUT2D eigenvalue weighted by Gasteiger charge is -2.13. The topological polar surface area (TPSA) is 27.8 Å². The Labute approximate surface area is 103 Å². The van der Waals surface area contributed by atoms with E-state index >= 15 is 0 Å². The molecule has 0 fully saturated rings. The molecule has 0 spiro atoms. The Hall–Kier alpha value is -1.06. The first-order valence-electron chi connectivity index (χ1n) is 5.51. The first kappa shape index (κ1) is 10.1. The molecule has 2 nitrogen and oxygen atoms in total. The van der Waals surface area contributed by atoms with Gasteiger partial charge in [0.2, 0.25) is 0 Å². The van der Waals surface area contributed by atoms with E-state index in [2.05, 4.69) is 56.7 Å². The van der Waals surface area contributed by atoms with Gasteiger partial charge in [0.25, 0.3) is 0 Å².